The van der Waals surface area contributed by atoms with Gasteiger partial charge in [0.25, 0.3) is 0 Å². The summed E-state index contributed by atoms with van der Waals surface area (Å²) >= 11 is 3.25. The van der Waals surface area contributed by atoms with E-state index in [0.29, 0.717) is 12.2 Å². The number of aryl methyl sites for hydroxylation is 2. The summed E-state index contributed by atoms with van der Waals surface area (Å²) in [5.74, 6) is 1.09. The number of primary amides is 1. The van der Waals surface area contributed by atoms with Crippen LogP contribution in [0.5, 0.6) is 0 Å². The van der Waals surface area contributed by atoms with E-state index in [4.69, 9.17) is 5.73 Å². The van der Waals surface area contributed by atoms with Crippen LogP contribution in [0.15, 0.2) is 35.4 Å². The number of carbonyl (C=O) groups is 1. The number of benzene rings is 1. The van der Waals surface area contributed by atoms with E-state index in [2.05, 4.69) is 29.0 Å². The average Bonchev–Trinajstić information content (AvgIpc) is 2.83. The van der Waals surface area contributed by atoms with Crippen LogP contribution in [0.3, 0.4) is 0 Å². The monoisotopic (exact) mass is 343 g/mol. The van der Waals surface area contributed by atoms with Gasteiger partial charge < -0.3 is 5.73 Å². The van der Waals surface area contributed by atoms with Gasteiger partial charge in [0.15, 0.2) is 0 Å². The van der Waals surface area contributed by atoms with Crippen LogP contribution >= 0.6 is 23.1 Å². The van der Waals surface area contributed by atoms with Gasteiger partial charge in [-0.15, -0.1) is 23.1 Å². The minimum atomic E-state index is -0.288. The van der Waals surface area contributed by atoms with E-state index in [1.807, 2.05) is 25.1 Å². The largest absolute Gasteiger partial charge is 0.370 e. The van der Waals surface area contributed by atoms with E-state index < -0.39 is 0 Å². The molecule has 1 aromatic carbocycles. The highest BCUT2D eigenvalue weighted by molar-refractivity contribution is 7.99. The molecule has 6 heteroatoms. The van der Waals surface area contributed by atoms with E-state index in [9.17, 15) is 4.79 Å². The Morgan fingerprint density at radius 3 is 2.65 bits per heavy atom. The molecule has 0 bridgehead atoms. The SMILES string of the molecule is Cc1nc(SCCC(N)=O)c2c(-c3ccccc3)c(C)sc2n1. The number of nitrogens with zero attached hydrogens (tertiary/aromatic N) is 2. The van der Waals surface area contributed by atoms with E-state index in [1.165, 1.54) is 16.0 Å². The predicted octanol–water partition coefficient (Wildman–Crippen LogP) is 3.94. The lowest BCUT2D eigenvalue weighted by Gasteiger charge is -2.07. The van der Waals surface area contributed by atoms with Crippen LogP contribution in [0.1, 0.15) is 17.1 Å². The van der Waals surface area contributed by atoms with Crippen molar-refractivity contribution < 1.29 is 4.79 Å². The Bertz CT molecular complexity index is 859. The molecule has 23 heavy (non-hydrogen) atoms. The molecule has 0 unspecified atom stereocenters. The fourth-order valence-electron chi connectivity index (χ4n) is 2.49. The Hall–Kier alpha value is -1.92. The molecule has 0 saturated heterocycles. The molecule has 3 aromatic rings. The maximum atomic E-state index is 11.0. The Morgan fingerprint density at radius 1 is 1.22 bits per heavy atom. The normalized spacial score (nSPS) is 11.0. The second-order valence-electron chi connectivity index (χ2n) is 5.22. The van der Waals surface area contributed by atoms with Crippen molar-refractivity contribution >= 4 is 39.2 Å². The lowest BCUT2D eigenvalue weighted by Crippen LogP contribution is -2.11. The maximum absolute atomic E-state index is 11.0. The van der Waals surface area contributed by atoms with Crippen LogP contribution in [0, 0.1) is 13.8 Å². The molecular weight excluding hydrogens is 326 g/mol. The Balaban J connectivity index is 2.13. The van der Waals surface area contributed by atoms with Crippen molar-refractivity contribution in [3.63, 3.8) is 0 Å². The van der Waals surface area contributed by atoms with Gasteiger partial charge in [0.1, 0.15) is 15.7 Å². The number of nitrogens with two attached hydrogens (primary N) is 1. The zero-order valence-electron chi connectivity index (χ0n) is 13.0. The Labute approximate surface area is 143 Å². The molecule has 0 aliphatic heterocycles. The van der Waals surface area contributed by atoms with Crippen molar-refractivity contribution in [2.45, 2.75) is 25.3 Å². The third-order valence-electron chi connectivity index (χ3n) is 3.46. The number of carbonyl (C=O) groups excluding carboxylic acids is 1. The number of amides is 1. The molecule has 0 aliphatic carbocycles. The first-order chi connectivity index (χ1) is 11.1. The third-order valence-corrected chi connectivity index (χ3v) is 5.43. The molecule has 0 aliphatic rings. The summed E-state index contributed by atoms with van der Waals surface area (Å²) in [4.78, 5) is 22.4. The molecule has 0 spiro atoms. The van der Waals surface area contributed by atoms with Gasteiger partial charge >= 0.3 is 0 Å². The van der Waals surface area contributed by atoms with Gasteiger partial charge in [-0.1, -0.05) is 30.3 Å². The summed E-state index contributed by atoms with van der Waals surface area (Å²) < 4.78 is 0. The van der Waals surface area contributed by atoms with Crippen molar-refractivity contribution in [3.8, 4) is 11.1 Å². The quantitative estimate of drug-likeness (QED) is 0.563. The Kier molecular flexibility index (Phi) is 4.63. The van der Waals surface area contributed by atoms with Gasteiger partial charge in [-0.05, 0) is 19.4 Å². The molecule has 4 nitrogen and oxygen atoms in total. The molecule has 118 valence electrons. The molecule has 2 N–H and O–H groups in total. The van der Waals surface area contributed by atoms with Crippen molar-refractivity contribution in [1.29, 1.82) is 0 Å². The van der Waals surface area contributed by atoms with E-state index >= 15 is 0 Å². The second-order valence-corrected chi connectivity index (χ2v) is 7.51. The number of thiophene rings is 1. The summed E-state index contributed by atoms with van der Waals surface area (Å²) in [6.07, 6.45) is 0.346. The van der Waals surface area contributed by atoms with Crippen molar-refractivity contribution in [1.82, 2.24) is 9.97 Å². The van der Waals surface area contributed by atoms with Crippen LogP contribution in [-0.4, -0.2) is 21.6 Å². The smallest absolute Gasteiger partial charge is 0.218 e. The minimum absolute atomic E-state index is 0.288. The first kappa shape index (κ1) is 16.0. The zero-order chi connectivity index (χ0) is 16.4. The molecule has 0 fully saturated rings. The van der Waals surface area contributed by atoms with Gasteiger partial charge in [-0.25, -0.2) is 9.97 Å². The lowest BCUT2D eigenvalue weighted by atomic mass is 10.0. The van der Waals surface area contributed by atoms with Gasteiger partial charge in [-0.3, -0.25) is 4.79 Å². The fraction of sp³-hybridized carbons (Fsp3) is 0.235. The van der Waals surface area contributed by atoms with Crippen molar-refractivity contribution in [3.05, 3.63) is 41.0 Å². The zero-order valence-corrected chi connectivity index (χ0v) is 14.6. The van der Waals surface area contributed by atoms with Crippen LogP contribution < -0.4 is 5.73 Å². The standard InChI is InChI=1S/C17H17N3OS2/c1-10-14(12-6-4-3-5-7-12)15-16(22-9-8-13(18)21)19-11(2)20-17(15)23-10/h3-7H,8-9H2,1-2H3,(H2,18,21). The van der Waals surface area contributed by atoms with Gasteiger partial charge in [0.05, 0.1) is 5.39 Å². The summed E-state index contributed by atoms with van der Waals surface area (Å²) in [5.41, 5.74) is 7.60. The summed E-state index contributed by atoms with van der Waals surface area (Å²) in [6.45, 7) is 4.01. The molecule has 2 heterocycles. The number of aromatic nitrogens is 2. The first-order valence-corrected chi connectivity index (χ1v) is 9.10. The first-order valence-electron chi connectivity index (χ1n) is 7.30. The fourth-order valence-corrected chi connectivity index (χ4v) is 4.68. The van der Waals surface area contributed by atoms with Gasteiger partial charge in [0, 0.05) is 22.6 Å². The van der Waals surface area contributed by atoms with E-state index in [1.54, 1.807) is 23.1 Å². The lowest BCUT2D eigenvalue weighted by molar-refractivity contribution is -0.117. The van der Waals surface area contributed by atoms with Crippen LogP contribution in [0.2, 0.25) is 0 Å². The molecule has 3 rings (SSSR count). The van der Waals surface area contributed by atoms with Gasteiger partial charge in [0.2, 0.25) is 5.91 Å². The third kappa shape index (κ3) is 3.38. The second kappa shape index (κ2) is 6.68. The van der Waals surface area contributed by atoms with Crippen molar-refractivity contribution in [2.24, 2.45) is 5.73 Å². The summed E-state index contributed by atoms with van der Waals surface area (Å²) in [6, 6.07) is 10.3. The number of thioether (sulfide) groups is 1. The van der Waals surface area contributed by atoms with Crippen LogP contribution in [-0.2, 0) is 4.79 Å². The van der Waals surface area contributed by atoms with Crippen LogP contribution in [0.4, 0.5) is 0 Å². The number of hydrogen-bond acceptors (Lipinski definition) is 5. The van der Waals surface area contributed by atoms with E-state index in [-0.39, 0.29) is 5.91 Å². The molecule has 0 saturated carbocycles. The van der Waals surface area contributed by atoms with Crippen LogP contribution in [0.25, 0.3) is 21.3 Å². The number of fused-ring (bicyclic) bond motifs is 1. The Morgan fingerprint density at radius 2 is 1.96 bits per heavy atom. The number of hydrogen-bond donors (Lipinski definition) is 1. The van der Waals surface area contributed by atoms with Crippen molar-refractivity contribution in [2.75, 3.05) is 5.75 Å². The molecule has 2 aromatic heterocycles. The van der Waals surface area contributed by atoms with Gasteiger partial charge in [-0.2, -0.15) is 0 Å². The molecule has 1 amide bonds. The predicted molar refractivity (Wildman–Crippen MR) is 96.9 cm³/mol. The topological polar surface area (TPSA) is 68.9 Å². The summed E-state index contributed by atoms with van der Waals surface area (Å²) in [7, 11) is 0. The average molecular weight is 343 g/mol. The number of rotatable bonds is 5. The highest BCUT2D eigenvalue weighted by Gasteiger charge is 2.17. The molecule has 0 atom stereocenters. The van der Waals surface area contributed by atoms with E-state index in [0.717, 1.165) is 21.1 Å². The maximum Gasteiger partial charge on any atom is 0.218 e. The molecular formula is C17H17N3OS2. The highest BCUT2D eigenvalue weighted by atomic mass is 32.2. The highest BCUT2D eigenvalue weighted by Crippen LogP contribution is 2.41. The minimum Gasteiger partial charge on any atom is -0.370 e. The molecule has 0 radical (unpaired) electrons. The summed E-state index contributed by atoms with van der Waals surface area (Å²) in [5, 5.41) is 2.01.